The van der Waals surface area contributed by atoms with Crippen LogP contribution >= 0.6 is 0 Å². The predicted octanol–water partition coefficient (Wildman–Crippen LogP) is 0.642. The van der Waals surface area contributed by atoms with Gasteiger partial charge in [0.1, 0.15) is 0 Å². The van der Waals surface area contributed by atoms with Crippen molar-refractivity contribution in [1.82, 2.24) is 19.3 Å². The number of rotatable bonds is 7. The Morgan fingerprint density at radius 2 is 2.25 bits per heavy atom. The van der Waals surface area contributed by atoms with Gasteiger partial charge in [-0.1, -0.05) is 6.07 Å². The highest BCUT2D eigenvalue weighted by Crippen LogP contribution is 2.14. The Kier molecular flexibility index (Phi) is 4.83. The molecule has 108 valence electrons. The van der Waals surface area contributed by atoms with Crippen molar-refractivity contribution in [2.75, 3.05) is 20.3 Å². The number of aromatic amines is 1. The molecule has 0 aromatic carbocycles. The van der Waals surface area contributed by atoms with Gasteiger partial charge in [0.25, 0.3) is 10.0 Å². The number of H-pyrrole nitrogens is 1. The van der Waals surface area contributed by atoms with Gasteiger partial charge >= 0.3 is 0 Å². The number of hydrogen-bond donors (Lipinski definition) is 1. The van der Waals surface area contributed by atoms with Gasteiger partial charge in [-0.25, -0.2) is 13.4 Å². The molecule has 8 heteroatoms. The molecule has 0 aliphatic rings. The van der Waals surface area contributed by atoms with E-state index in [1.807, 2.05) is 6.07 Å². The van der Waals surface area contributed by atoms with Crippen LogP contribution in [0.5, 0.6) is 0 Å². The highest BCUT2D eigenvalue weighted by atomic mass is 32.2. The predicted molar refractivity (Wildman–Crippen MR) is 72.3 cm³/mol. The Morgan fingerprint density at radius 1 is 1.40 bits per heavy atom. The van der Waals surface area contributed by atoms with Crippen molar-refractivity contribution in [3.8, 4) is 0 Å². The van der Waals surface area contributed by atoms with Crippen molar-refractivity contribution in [2.24, 2.45) is 0 Å². The minimum atomic E-state index is -3.63. The van der Waals surface area contributed by atoms with Crippen LogP contribution in [0.3, 0.4) is 0 Å². The Morgan fingerprint density at radius 3 is 2.85 bits per heavy atom. The van der Waals surface area contributed by atoms with E-state index in [0.717, 1.165) is 0 Å². The average Bonchev–Trinajstić information content (AvgIpc) is 2.99. The molecule has 0 atom stereocenters. The van der Waals surface area contributed by atoms with Crippen molar-refractivity contribution < 1.29 is 13.2 Å². The fourth-order valence-corrected chi connectivity index (χ4v) is 2.96. The molecule has 0 spiro atoms. The van der Waals surface area contributed by atoms with Crippen LogP contribution in [0.1, 0.15) is 5.69 Å². The molecule has 2 rings (SSSR count). The average molecular weight is 296 g/mol. The second kappa shape index (κ2) is 6.60. The Bertz CT molecular complexity index is 613. The van der Waals surface area contributed by atoms with E-state index in [4.69, 9.17) is 4.74 Å². The molecule has 20 heavy (non-hydrogen) atoms. The highest BCUT2D eigenvalue weighted by Gasteiger charge is 2.25. The van der Waals surface area contributed by atoms with Crippen LogP contribution in [0.15, 0.2) is 41.9 Å². The summed E-state index contributed by atoms with van der Waals surface area (Å²) >= 11 is 0. The van der Waals surface area contributed by atoms with Crippen molar-refractivity contribution in [2.45, 2.75) is 11.6 Å². The number of sulfonamides is 1. The number of aromatic nitrogens is 3. The molecular formula is C12H16N4O3S. The first-order chi connectivity index (χ1) is 9.64. The van der Waals surface area contributed by atoms with E-state index in [2.05, 4.69) is 15.0 Å². The van der Waals surface area contributed by atoms with Gasteiger partial charge in [-0.2, -0.15) is 4.31 Å². The maximum Gasteiger partial charge on any atom is 0.260 e. The van der Waals surface area contributed by atoms with E-state index < -0.39 is 10.0 Å². The molecule has 7 nitrogen and oxygen atoms in total. The standard InChI is InChI=1S/C12H16N4O3S/c1-19-7-6-16(9-11-4-2-3-5-14-11)20(17,18)12-8-13-10-15-12/h2-5,8,10H,6-7,9H2,1H3,(H,13,15). The lowest BCUT2D eigenvalue weighted by Crippen LogP contribution is -2.34. The van der Waals surface area contributed by atoms with Crippen LogP contribution in [-0.4, -0.2) is 47.9 Å². The van der Waals surface area contributed by atoms with Gasteiger partial charge in [0.15, 0.2) is 5.03 Å². The van der Waals surface area contributed by atoms with Crippen molar-refractivity contribution >= 4 is 10.0 Å². The van der Waals surface area contributed by atoms with Crippen molar-refractivity contribution in [3.05, 3.63) is 42.6 Å². The lowest BCUT2D eigenvalue weighted by Gasteiger charge is -2.20. The van der Waals surface area contributed by atoms with Gasteiger partial charge in [-0.3, -0.25) is 4.98 Å². The molecule has 2 aromatic heterocycles. The van der Waals surface area contributed by atoms with Crippen LogP contribution in [0.4, 0.5) is 0 Å². The largest absolute Gasteiger partial charge is 0.383 e. The maximum atomic E-state index is 12.5. The lowest BCUT2D eigenvalue weighted by molar-refractivity contribution is 0.177. The summed E-state index contributed by atoms with van der Waals surface area (Å²) in [5, 5.41) is 0.0598. The molecule has 0 aliphatic carbocycles. The van der Waals surface area contributed by atoms with Crippen LogP contribution < -0.4 is 0 Å². The van der Waals surface area contributed by atoms with E-state index >= 15 is 0 Å². The minimum Gasteiger partial charge on any atom is -0.383 e. The smallest absolute Gasteiger partial charge is 0.260 e. The normalized spacial score (nSPS) is 11.9. The van der Waals surface area contributed by atoms with Gasteiger partial charge in [-0.15, -0.1) is 0 Å². The maximum absolute atomic E-state index is 12.5. The number of imidazole rings is 1. The van der Waals surface area contributed by atoms with Gasteiger partial charge < -0.3 is 9.72 Å². The zero-order valence-electron chi connectivity index (χ0n) is 11.1. The zero-order valence-corrected chi connectivity index (χ0v) is 11.9. The molecule has 0 saturated carbocycles. The molecule has 2 aromatic rings. The molecule has 0 amide bonds. The molecule has 2 heterocycles. The summed E-state index contributed by atoms with van der Waals surface area (Å²) in [4.78, 5) is 10.5. The van der Waals surface area contributed by atoms with Gasteiger partial charge in [0.2, 0.25) is 0 Å². The van der Waals surface area contributed by atoms with Crippen molar-refractivity contribution in [1.29, 1.82) is 0 Å². The summed E-state index contributed by atoms with van der Waals surface area (Å²) in [6.45, 7) is 0.736. The van der Waals surface area contributed by atoms with Gasteiger partial charge in [0.05, 0.1) is 31.4 Å². The highest BCUT2D eigenvalue weighted by molar-refractivity contribution is 7.89. The summed E-state index contributed by atoms with van der Waals surface area (Å²) in [6, 6.07) is 5.38. The minimum absolute atomic E-state index is 0.0598. The van der Waals surface area contributed by atoms with Crippen LogP contribution in [0, 0.1) is 0 Å². The zero-order chi connectivity index (χ0) is 14.4. The molecule has 1 N–H and O–H groups in total. The quantitative estimate of drug-likeness (QED) is 0.810. The van der Waals surface area contributed by atoms with E-state index in [-0.39, 0.29) is 18.1 Å². The third-order valence-electron chi connectivity index (χ3n) is 2.70. The molecular weight excluding hydrogens is 280 g/mol. The molecule has 0 fully saturated rings. The van der Waals surface area contributed by atoms with Gasteiger partial charge in [-0.05, 0) is 12.1 Å². The molecule has 0 bridgehead atoms. The van der Waals surface area contributed by atoms with Crippen molar-refractivity contribution in [3.63, 3.8) is 0 Å². The van der Waals surface area contributed by atoms with Crippen LogP contribution in [-0.2, 0) is 21.3 Å². The topological polar surface area (TPSA) is 88.2 Å². The second-order valence-corrected chi connectivity index (χ2v) is 5.97. The monoisotopic (exact) mass is 296 g/mol. The molecule has 0 saturated heterocycles. The van der Waals surface area contributed by atoms with Gasteiger partial charge in [0, 0.05) is 19.9 Å². The Balaban J connectivity index is 2.23. The van der Waals surface area contributed by atoms with E-state index in [9.17, 15) is 8.42 Å². The second-order valence-electron chi connectivity index (χ2n) is 4.07. The summed E-state index contributed by atoms with van der Waals surface area (Å²) in [6.07, 6.45) is 4.25. The van der Waals surface area contributed by atoms with E-state index in [1.165, 1.54) is 23.9 Å². The SMILES string of the molecule is COCCN(Cc1ccccn1)S(=O)(=O)c1cnc[nH]1. The fourth-order valence-electron chi connectivity index (χ4n) is 1.67. The summed E-state index contributed by atoms with van der Waals surface area (Å²) in [5.41, 5.74) is 0.673. The van der Waals surface area contributed by atoms with E-state index in [1.54, 1.807) is 18.3 Å². The molecule has 0 aliphatic heterocycles. The number of nitrogens with zero attached hydrogens (tertiary/aromatic N) is 3. The number of pyridine rings is 1. The summed E-state index contributed by atoms with van der Waals surface area (Å²) < 4.78 is 31.2. The first-order valence-corrected chi connectivity index (χ1v) is 7.46. The summed E-state index contributed by atoms with van der Waals surface area (Å²) in [5.74, 6) is 0. The third kappa shape index (κ3) is 3.41. The fraction of sp³-hybridized carbons (Fsp3) is 0.333. The molecule has 0 radical (unpaired) electrons. The first kappa shape index (κ1) is 14.6. The first-order valence-electron chi connectivity index (χ1n) is 6.02. The lowest BCUT2D eigenvalue weighted by atomic mass is 10.3. The third-order valence-corrected chi connectivity index (χ3v) is 4.47. The van der Waals surface area contributed by atoms with Crippen LogP contribution in [0.2, 0.25) is 0 Å². The number of methoxy groups -OCH3 is 1. The van der Waals surface area contributed by atoms with E-state index in [0.29, 0.717) is 12.3 Å². The molecule has 0 unspecified atom stereocenters. The Labute approximate surface area is 117 Å². The number of hydrogen-bond acceptors (Lipinski definition) is 5. The number of ether oxygens (including phenoxy) is 1. The number of nitrogens with one attached hydrogen (secondary N) is 1. The Hall–Kier alpha value is -1.77. The van der Waals surface area contributed by atoms with Crippen LogP contribution in [0.25, 0.3) is 0 Å². The summed E-state index contributed by atoms with van der Waals surface area (Å²) in [7, 11) is -2.10.